The van der Waals surface area contributed by atoms with Gasteiger partial charge in [-0.2, -0.15) is 0 Å². The number of hydrogen-bond acceptors (Lipinski definition) is 3. The molecule has 0 fully saturated rings. The van der Waals surface area contributed by atoms with E-state index in [-0.39, 0.29) is 11.9 Å². The van der Waals surface area contributed by atoms with Crippen molar-refractivity contribution in [1.82, 2.24) is 5.32 Å². The fourth-order valence-corrected chi connectivity index (χ4v) is 1.61. The molecule has 0 aromatic heterocycles. The van der Waals surface area contributed by atoms with Crippen LogP contribution >= 0.6 is 0 Å². The minimum Gasteiger partial charge on any atom is -0.328 e. The van der Waals surface area contributed by atoms with Gasteiger partial charge in [-0.1, -0.05) is 19.1 Å². The van der Waals surface area contributed by atoms with E-state index in [0.29, 0.717) is 12.8 Å². The van der Waals surface area contributed by atoms with Crippen LogP contribution in [-0.4, -0.2) is 18.5 Å². The van der Waals surface area contributed by atoms with E-state index in [2.05, 4.69) is 17.6 Å². The first-order valence-corrected chi connectivity index (χ1v) is 6.47. The molecule has 1 amide bonds. The normalized spacial score (nSPS) is 12.2. The first kappa shape index (κ1) is 14.7. The number of anilines is 1. The Hall–Kier alpha value is -1.39. The summed E-state index contributed by atoms with van der Waals surface area (Å²) in [7, 11) is 0. The number of nitrogens with one attached hydrogen (secondary N) is 2. The Balaban J connectivity index is 2.48. The van der Waals surface area contributed by atoms with Crippen LogP contribution in [0.2, 0.25) is 0 Å². The first-order chi connectivity index (χ1) is 8.61. The van der Waals surface area contributed by atoms with Gasteiger partial charge in [0.05, 0.1) is 0 Å². The van der Waals surface area contributed by atoms with E-state index in [0.717, 1.165) is 18.8 Å². The van der Waals surface area contributed by atoms with Crippen LogP contribution in [0.25, 0.3) is 0 Å². The van der Waals surface area contributed by atoms with E-state index in [1.807, 2.05) is 31.2 Å². The molecular formula is C14H23N3O. The quantitative estimate of drug-likeness (QED) is 0.691. The van der Waals surface area contributed by atoms with Crippen molar-refractivity contribution in [1.29, 1.82) is 0 Å². The Morgan fingerprint density at radius 2 is 2.22 bits per heavy atom. The molecule has 1 atom stereocenters. The van der Waals surface area contributed by atoms with Gasteiger partial charge < -0.3 is 16.4 Å². The second-order valence-electron chi connectivity index (χ2n) is 4.54. The monoisotopic (exact) mass is 249 g/mol. The molecule has 4 nitrogen and oxygen atoms in total. The van der Waals surface area contributed by atoms with E-state index in [9.17, 15) is 4.79 Å². The Morgan fingerprint density at radius 1 is 1.44 bits per heavy atom. The third-order valence-corrected chi connectivity index (χ3v) is 2.62. The lowest BCUT2D eigenvalue weighted by Crippen LogP contribution is -2.19. The number of benzene rings is 1. The topological polar surface area (TPSA) is 67.1 Å². The zero-order valence-electron chi connectivity index (χ0n) is 11.2. The molecule has 0 radical (unpaired) electrons. The van der Waals surface area contributed by atoms with Crippen molar-refractivity contribution < 1.29 is 4.79 Å². The summed E-state index contributed by atoms with van der Waals surface area (Å²) in [6.07, 6.45) is 1.18. The van der Waals surface area contributed by atoms with Gasteiger partial charge in [0.2, 0.25) is 5.91 Å². The molecule has 0 spiro atoms. The number of amides is 1. The van der Waals surface area contributed by atoms with Crippen molar-refractivity contribution in [2.45, 2.75) is 39.3 Å². The van der Waals surface area contributed by atoms with Gasteiger partial charge >= 0.3 is 0 Å². The lowest BCUT2D eigenvalue weighted by atomic mass is 10.1. The van der Waals surface area contributed by atoms with Crippen LogP contribution in [0, 0.1) is 0 Å². The van der Waals surface area contributed by atoms with Gasteiger partial charge in [0.1, 0.15) is 0 Å². The molecule has 4 N–H and O–H groups in total. The average molecular weight is 249 g/mol. The van der Waals surface area contributed by atoms with Gasteiger partial charge in [0.25, 0.3) is 0 Å². The zero-order chi connectivity index (χ0) is 13.4. The maximum Gasteiger partial charge on any atom is 0.224 e. The smallest absolute Gasteiger partial charge is 0.224 e. The summed E-state index contributed by atoms with van der Waals surface area (Å²) in [6.45, 7) is 5.73. The summed E-state index contributed by atoms with van der Waals surface area (Å²) >= 11 is 0. The number of nitrogens with two attached hydrogens (primary N) is 1. The second-order valence-corrected chi connectivity index (χ2v) is 4.54. The molecule has 0 bridgehead atoms. The van der Waals surface area contributed by atoms with E-state index in [4.69, 9.17) is 5.73 Å². The SMILES string of the molecule is CCNCc1cccc(NC(=O)CCC(C)N)c1. The minimum atomic E-state index is 0.0212. The molecule has 0 saturated carbocycles. The standard InChI is InChI=1S/C14H23N3O/c1-3-16-10-12-5-4-6-13(9-12)17-14(18)8-7-11(2)15/h4-6,9,11,16H,3,7-8,10,15H2,1-2H3,(H,17,18). The molecule has 0 aliphatic heterocycles. The highest BCUT2D eigenvalue weighted by atomic mass is 16.1. The Kier molecular flexibility index (Phi) is 6.39. The molecule has 1 unspecified atom stereocenters. The molecule has 0 aliphatic carbocycles. The average Bonchev–Trinajstić information content (AvgIpc) is 2.34. The molecule has 1 aromatic rings. The van der Waals surface area contributed by atoms with Crippen LogP contribution in [0.4, 0.5) is 5.69 Å². The molecule has 100 valence electrons. The van der Waals surface area contributed by atoms with Gasteiger partial charge in [-0.3, -0.25) is 4.79 Å². The highest BCUT2D eigenvalue weighted by molar-refractivity contribution is 5.90. The number of carbonyl (C=O) groups excluding carboxylic acids is 1. The highest BCUT2D eigenvalue weighted by Gasteiger charge is 2.04. The van der Waals surface area contributed by atoms with Gasteiger partial charge in [-0.25, -0.2) is 0 Å². The predicted octanol–water partition coefficient (Wildman–Crippen LogP) is 1.86. The third-order valence-electron chi connectivity index (χ3n) is 2.62. The summed E-state index contributed by atoms with van der Waals surface area (Å²) in [5.41, 5.74) is 7.64. The van der Waals surface area contributed by atoms with Gasteiger partial charge in [0.15, 0.2) is 0 Å². The Labute approximate surface area is 109 Å². The second kappa shape index (κ2) is 7.84. The van der Waals surface area contributed by atoms with E-state index < -0.39 is 0 Å². The molecular weight excluding hydrogens is 226 g/mol. The van der Waals surface area contributed by atoms with Crippen LogP contribution in [-0.2, 0) is 11.3 Å². The van der Waals surface area contributed by atoms with Crippen molar-refractivity contribution in [2.75, 3.05) is 11.9 Å². The molecule has 0 saturated heterocycles. The Bertz CT molecular complexity index is 377. The summed E-state index contributed by atoms with van der Waals surface area (Å²) in [6, 6.07) is 7.95. The number of rotatable bonds is 7. The van der Waals surface area contributed by atoms with Gasteiger partial charge in [0, 0.05) is 24.7 Å². The van der Waals surface area contributed by atoms with Crippen molar-refractivity contribution in [3.8, 4) is 0 Å². The molecule has 0 aliphatic rings. The number of carbonyl (C=O) groups is 1. The Morgan fingerprint density at radius 3 is 2.89 bits per heavy atom. The summed E-state index contributed by atoms with van der Waals surface area (Å²) in [4.78, 5) is 11.7. The summed E-state index contributed by atoms with van der Waals surface area (Å²) < 4.78 is 0. The molecule has 1 aromatic carbocycles. The zero-order valence-corrected chi connectivity index (χ0v) is 11.2. The maximum absolute atomic E-state index is 11.7. The van der Waals surface area contributed by atoms with Crippen LogP contribution in [0.15, 0.2) is 24.3 Å². The van der Waals surface area contributed by atoms with Crippen molar-refractivity contribution >= 4 is 11.6 Å². The van der Waals surface area contributed by atoms with Crippen molar-refractivity contribution in [2.24, 2.45) is 5.73 Å². The summed E-state index contributed by atoms with van der Waals surface area (Å²) in [5.74, 6) is 0.0212. The van der Waals surface area contributed by atoms with Gasteiger partial charge in [-0.05, 0) is 37.6 Å². The largest absolute Gasteiger partial charge is 0.328 e. The molecule has 4 heteroatoms. The molecule has 18 heavy (non-hydrogen) atoms. The predicted molar refractivity (Wildman–Crippen MR) is 75.3 cm³/mol. The lowest BCUT2D eigenvalue weighted by Gasteiger charge is -2.09. The highest BCUT2D eigenvalue weighted by Crippen LogP contribution is 2.11. The van der Waals surface area contributed by atoms with Crippen molar-refractivity contribution in [3.05, 3.63) is 29.8 Å². The van der Waals surface area contributed by atoms with E-state index in [1.165, 1.54) is 5.56 Å². The van der Waals surface area contributed by atoms with Crippen LogP contribution < -0.4 is 16.4 Å². The van der Waals surface area contributed by atoms with E-state index >= 15 is 0 Å². The fourth-order valence-electron chi connectivity index (χ4n) is 1.61. The maximum atomic E-state index is 11.7. The van der Waals surface area contributed by atoms with Crippen molar-refractivity contribution in [3.63, 3.8) is 0 Å². The van der Waals surface area contributed by atoms with Crippen LogP contribution in [0.1, 0.15) is 32.3 Å². The molecule has 1 rings (SSSR count). The lowest BCUT2D eigenvalue weighted by molar-refractivity contribution is -0.116. The van der Waals surface area contributed by atoms with Crippen LogP contribution in [0.5, 0.6) is 0 Å². The number of hydrogen-bond donors (Lipinski definition) is 3. The fraction of sp³-hybridized carbons (Fsp3) is 0.500. The molecule has 0 heterocycles. The van der Waals surface area contributed by atoms with Gasteiger partial charge in [-0.15, -0.1) is 0 Å². The summed E-state index contributed by atoms with van der Waals surface area (Å²) in [5, 5.41) is 6.15. The third kappa shape index (κ3) is 5.80. The van der Waals surface area contributed by atoms with Crippen LogP contribution in [0.3, 0.4) is 0 Å². The van der Waals surface area contributed by atoms with E-state index in [1.54, 1.807) is 0 Å². The first-order valence-electron chi connectivity index (χ1n) is 6.47. The minimum absolute atomic E-state index is 0.0212.